The fraction of sp³-hybridized carbons (Fsp3) is 0.538. The van der Waals surface area contributed by atoms with Gasteiger partial charge in [-0.05, 0) is 26.6 Å². The number of aromatic nitrogens is 3. The van der Waals surface area contributed by atoms with Crippen molar-refractivity contribution in [3.8, 4) is 5.88 Å². The van der Waals surface area contributed by atoms with Gasteiger partial charge in [-0.2, -0.15) is 4.98 Å². The third kappa shape index (κ3) is 2.29. The quantitative estimate of drug-likeness (QED) is 0.842. The van der Waals surface area contributed by atoms with Gasteiger partial charge in [0.05, 0.1) is 7.11 Å². The number of methoxy groups -OCH3 is 1. The average Bonchev–Trinajstić information content (AvgIpc) is 2.74. The first-order valence-corrected chi connectivity index (χ1v) is 6.57. The molecule has 6 nitrogen and oxygen atoms in total. The highest BCUT2D eigenvalue weighted by Crippen LogP contribution is 2.27. The lowest BCUT2D eigenvalue weighted by molar-refractivity contribution is 0.327. The Balaban J connectivity index is 2.00. The molecule has 1 fully saturated rings. The molecule has 3 heterocycles. The maximum absolute atomic E-state index is 5.26. The van der Waals surface area contributed by atoms with Crippen LogP contribution in [0.2, 0.25) is 0 Å². The van der Waals surface area contributed by atoms with Crippen LogP contribution in [-0.2, 0) is 0 Å². The molecule has 0 amide bonds. The van der Waals surface area contributed by atoms with E-state index in [0.29, 0.717) is 11.9 Å². The molecule has 0 aromatic carbocycles. The van der Waals surface area contributed by atoms with Gasteiger partial charge in [-0.3, -0.25) is 0 Å². The molecule has 0 bridgehead atoms. The number of likely N-dealkylation sites (N-methyl/N-ethyl adjacent to an activating group) is 1. The zero-order valence-corrected chi connectivity index (χ0v) is 11.3. The second-order valence-corrected chi connectivity index (χ2v) is 4.97. The summed E-state index contributed by atoms with van der Waals surface area (Å²) in [6, 6.07) is 0.292. The number of H-pyrrole nitrogens is 1. The van der Waals surface area contributed by atoms with Crippen LogP contribution in [-0.4, -0.2) is 53.6 Å². The van der Waals surface area contributed by atoms with Gasteiger partial charge in [-0.1, -0.05) is 0 Å². The lowest BCUT2D eigenvalue weighted by Crippen LogP contribution is -2.28. The summed E-state index contributed by atoms with van der Waals surface area (Å²) in [6.07, 6.45) is 4.74. The van der Waals surface area contributed by atoms with Crippen LogP contribution in [0, 0.1) is 0 Å². The number of hydrogen-bond acceptors (Lipinski definition) is 5. The molecule has 1 atom stereocenters. The predicted octanol–water partition coefficient (Wildman–Crippen LogP) is 0.933. The summed E-state index contributed by atoms with van der Waals surface area (Å²) in [7, 11) is 3.78. The van der Waals surface area contributed by atoms with Crippen molar-refractivity contribution in [2.24, 2.45) is 0 Å². The highest BCUT2D eigenvalue weighted by atomic mass is 16.5. The number of ether oxygens (including phenoxy) is 1. The van der Waals surface area contributed by atoms with Crippen LogP contribution in [0.4, 0.5) is 0 Å². The van der Waals surface area contributed by atoms with Gasteiger partial charge in [0.2, 0.25) is 5.88 Å². The van der Waals surface area contributed by atoms with E-state index in [1.54, 1.807) is 13.4 Å². The Bertz CT molecular complexity index is 567. The second kappa shape index (κ2) is 5.14. The molecule has 0 saturated carbocycles. The summed E-state index contributed by atoms with van der Waals surface area (Å²) in [5.74, 6) is 0.596. The molecule has 19 heavy (non-hydrogen) atoms. The van der Waals surface area contributed by atoms with Crippen LogP contribution >= 0.6 is 0 Å². The van der Waals surface area contributed by atoms with E-state index in [2.05, 4.69) is 32.2 Å². The largest absolute Gasteiger partial charge is 0.479 e. The van der Waals surface area contributed by atoms with E-state index in [-0.39, 0.29) is 0 Å². The van der Waals surface area contributed by atoms with Crippen molar-refractivity contribution >= 4 is 11.0 Å². The van der Waals surface area contributed by atoms with E-state index >= 15 is 0 Å². The molecule has 6 heteroatoms. The van der Waals surface area contributed by atoms with Gasteiger partial charge in [-0.25, -0.2) is 4.98 Å². The maximum Gasteiger partial charge on any atom is 0.241 e. The molecule has 102 valence electrons. The van der Waals surface area contributed by atoms with Crippen LogP contribution in [0.15, 0.2) is 12.5 Å². The second-order valence-electron chi connectivity index (χ2n) is 4.97. The molecule has 1 saturated heterocycles. The van der Waals surface area contributed by atoms with Crippen molar-refractivity contribution < 1.29 is 4.74 Å². The molecule has 0 spiro atoms. The first-order chi connectivity index (χ1) is 9.29. The molecular formula is C13H19N5O. The van der Waals surface area contributed by atoms with Gasteiger partial charge in [0.25, 0.3) is 0 Å². The summed E-state index contributed by atoms with van der Waals surface area (Å²) < 4.78 is 5.26. The molecule has 1 aliphatic rings. The minimum Gasteiger partial charge on any atom is -0.479 e. The summed E-state index contributed by atoms with van der Waals surface area (Å²) >= 11 is 0. The zero-order valence-electron chi connectivity index (χ0n) is 11.3. The topological polar surface area (TPSA) is 66.1 Å². The van der Waals surface area contributed by atoms with E-state index in [9.17, 15) is 0 Å². The van der Waals surface area contributed by atoms with Crippen LogP contribution in [0.25, 0.3) is 11.0 Å². The highest BCUT2D eigenvalue weighted by molar-refractivity contribution is 5.83. The van der Waals surface area contributed by atoms with Crippen LogP contribution in [0.5, 0.6) is 5.88 Å². The minimum absolute atomic E-state index is 0.292. The Hall–Kier alpha value is -1.66. The van der Waals surface area contributed by atoms with Crippen molar-refractivity contribution in [2.45, 2.75) is 12.5 Å². The molecule has 3 rings (SSSR count). The van der Waals surface area contributed by atoms with Crippen LogP contribution in [0.1, 0.15) is 18.0 Å². The van der Waals surface area contributed by atoms with Crippen molar-refractivity contribution in [3.05, 3.63) is 18.1 Å². The zero-order chi connectivity index (χ0) is 13.2. The van der Waals surface area contributed by atoms with Crippen molar-refractivity contribution in [1.29, 1.82) is 0 Å². The Morgan fingerprint density at radius 2 is 2.32 bits per heavy atom. The third-order valence-corrected chi connectivity index (χ3v) is 3.63. The molecule has 0 aliphatic carbocycles. The van der Waals surface area contributed by atoms with Crippen LogP contribution in [0.3, 0.4) is 0 Å². The predicted molar refractivity (Wildman–Crippen MR) is 73.3 cm³/mol. The standard InChI is InChI=1S/C13H19N5O/c1-18-5-3-4-14-10(7-18)9-6-15-12-11(9)16-8-17-13(12)19-2/h6,8,10,14-15H,3-5,7H2,1-2H3. The minimum atomic E-state index is 0.292. The van der Waals surface area contributed by atoms with Crippen molar-refractivity contribution in [3.63, 3.8) is 0 Å². The number of nitrogens with one attached hydrogen (secondary N) is 2. The molecular weight excluding hydrogens is 242 g/mol. The normalized spacial score (nSPS) is 21.5. The smallest absolute Gasteiger partial charge is 0.241 e. The fourth-order valence-electron chi connectivity index (χ4n) is 2.66. The average molecular weight is 261 g/mol. The maximum atomic E-state index is 5.26. The summed E-state index contributed by atoms with van der Waals surface area (Å²) in [5.41, 5.74) is 3.00. The molecule has 2 N–H and O–H groups in total. The summed E-state index contributed by atoms with van der Waals surface area (Å²) in [5, 5.41) is 3.58. The number of hydrogen-bond donors (Lipinski definition) is 2. The van der Waals surface area contributed by atoms with Gasteiger partial charge >= 0.3 is 0 Å². The molecule has 2 aromatic rings. The van der Waals surface area contributed by atoms with Crippen molar-refractivity contribution in [1.82, 2.24) is 25.2 Å². The van der Waals surface area contributed by atoms with E-state index in [1.807, 2.05) is 6.20 Å². The molecule has 2 aromatic heterocycles. The SMILES string of the molecule is COc1ncnc2c(C3CN(C)CCCN3)c[nH]c12. The van der Waals surface area contributed by atoms with Gasteiger partial charge in [0.1, 0.15) is 17.4 Å². The molecule has 0 radical (unpaired) electrons. The Kier molecular flexibility index (Phi) is 3.35. The summed E-state index contributed by atoms with van der Waals surface area (Å²) in [4.78, 5) is 14.1. The Morgan fingerprint density at radius 1 is 1.42 bits per heavy atom. The van der Waals surface area contributed by atoms with Crippen LogP contribution < -0.4 is 10.1 Å². The fourth-order valence-corrected chi connectivity index (χ4v) is 2.66. The number of aromatic amines is 1. The summed E-state index contributed by atoms with van der Waals surface area (Å²) in [6.45, 7) is 3.15. The molecule has 1 aliphatic heterocycles. The van der Waals surface area contributed by atoms with Gasteiger partial charge in [-0.15, -0.1) is 0 Å². The van der Waals surface area contributed by atoms with E-state index in [4.69, 9.17) is 4.74 Å². The Morgan fingerprint density at radius 3 is 3.16 bits per heavy atom. The van der Waals surface area contributed by atoms with Gasteiger partial charge < -0.3 is 19.9 Å². The van der Waals surface area contributed by atoms with E-state index < -0.39 is 0 Å². The monoisotopic (exact) mass is 261 g/mol. The van der Waals surface area contributed by atoms with Gasteiger partial charge in [0, 0.05) is 24.3 Å². The van der Waals surface area contributed by atoms with Crippen molar-refractivity contribution in [2.75, 3.05) is 33.8 Å². The lowest BCUT2D eigenvalue weighted by Gasteiger charge is -2.19. The third-order valence-electron chi connectivity index (χ3n) is 3.63. The first kappa shape index (κ1) is 12.4. The number of nitrogens with zero attached hydrogens (tertiary/aromatic N) is 3. The molecule has 1 unspecified atom stereocenters. The Labute approximate surface area is 112 Å². The highest BCUT2D eigenvalue weighted by Gasteiger charge is 2.21. The van der Waals surface area contributed by atoms with E-state index in [1.165, 1.54) is 12.0 Å². The lowest BCUT2D eigenvalue weighted by atomic mass is 10.1. The van der Waals surface area contributed by atoms with Gasteiger partial charge in [0.15, 0.2) is 0 Å². The number of fused-ring (bicyclic) bond motifs is 1. The first-order valence-electron chi connectivity index (χ1n) is 6.57. The number of rotatable bonds is 2. The van der Waals surface area contributed by atoms with E-state index in [0.717, 1.165) is 30.7 Å².